The van der Waals surface area contributed by atoms with Crippen molar-refractivity contribution in [1.29, 1.82) is 0 Å². The number of hydrogen-bond acceptors (Lipinski definition) is 3. The highest BCUT2D eigenvalue weighted by Crippen LogP contribution is 2.36. The van der Waals surface area contributed by atoms with Gasteiger partial charge in [0.15, 0.2) is 5.60 Å². The Balaban J connectivity index is 1.70. The topological polar surface area (TPSA) is 56.2 Å². The second-order valence-corrected chi connectivity index (χ2v) is 5.63. The highest BCUT2D eigenvalue weighted by atomic mass is 19.1. The lowest BCUT2D eigenvalue weighted by atomic mass is 9.90. The van der Waals surface area contributed by atoms with E-state index in [0.717, 1.165) is 17.5 Å². The van der Waals surface area contributed by atoms with Crippen LogP contribution >= 0.6 is 0 Å². The molecule has 2 aromatic rings. The highest BCUT2D eigenvalue weighted by molar-refractivity contribution is 5.86. The number of nitrogens with one attached hydrogen (secondary N) is 1. The normalized spacial score (nSPS) is 20.6. The number of alkyl halides is 1. The summed E-state index contributed by atoms with van der Waals surface area (Å²) < 4.78 is 19.7. The fraction of sp³-hybridized carbons (Fsp3) is 0.412. The van der Waals surface area contributed by atoms with Gasteiger partial charge in [-0.1, -0.05) is 30.3 Å². The number of halogens is 1. The first-order chi connectivity index (χ1) is 11.2. The van der Waals surface area contributed by atoms with E-state index in [4.69, 9.17) is 4.74 Å². The van der Waals surface area contributed by atoms with Crippen molar-refractivity contribution in [2.24, 2.45) is 0 Å². The summed E-state index contributed by atoms with van der Waals surface area (Å²) >= 11 is 0. The van der Waals surface area contributed by atoms with Crippen LogP contribution in [0.4, 0.5) is 4.39 Å². The lowest BCUT2D eigenvalue weighted by Gasteiger charge is -2.27. The molecule has 1 aliphatic rings. The van der Waals surface area contributed by atoms with Gasteiger partial charge in [-0.2, -0.15) is 5.10 Å². The van der Waals surface area contributed by atoms with Crippen LogP contribution in [-0.2, 0) is 28.2 Å². The van der Waals surface area contributed by atoms with Crippen LogP contribution in [-0.4, -0.2) is 29.0 Å². The van der Waals surface area contributed by atoms with Crippen molar-refractivity contribution >= 4 is 5.91 Å². The number of carbonyl (C=O) groups is 1. The van der Waals surface area contributed by atoms with E-state index >= 15 is 0 Å². The van der Waals surface area contributed by atoms with Crippen LogP contribution in [0.2, 0.25) is 0 Å². The summed E-state index contributed by atoms with van der Waals surface area (Å²) in [5.74, 6) is -0.139. The maximum Gasteiger partial charge on any atom is 0.257 e. The molecule has 0 bridgehead atoms. The minimum Gasteiger partial charge on any atom is -0.360 e. The number of rotatable bonds is 6. The fourth-order valence-corrected chi connectivity index (χ4v) is 2.92. The Hall–Kier alpha value is -2.21. The zero-order valence-electron chi connectivity index (χ0n) is 12.9. The second kappa shape index (κ2) is 6.91. The molecule has 1 atom stereocenters. The molecule has 2 heterocycles. The predicted octanol–water partition coefficient (Wildman–Crippen LogP) is 2.17. The van der Waals surface area contributed by atoms with Gasteiger partial charge in [-0.15, -0.1) is 0 Å². The SMILES string of the molecule is O=C(NCc1cnn(CCF)c1)C1(c2ccccc2)CCCO1. The molecule has 1 aromatic heterocycles. The third kappa shape index (κ3) is 3.27. The Morgan fingerprint density at radius 2 is 2.22 bits per heavy atom. The van der Waals surface area contributed by atoms with Gasteiger partial charge in [0.05, 0.1) is 12.7 Å². The molecule has 23 heavy (non-hydrogen) atoms. The molecule has 1 fully saturated rings. The number of hydrogen-bond donors (Lipinski definition) is 1. The molecule has 1 saturated heterocycles. The van der Waals surface area contributed by atoms with Crippen LogP contribution < -0.4 is 5.32 Å². The van der Waals surface area contributed by atoms with Crippen molar-refractivity contribution in [2.75, 3.05) is 13.3 Å². The van der Waals surface area contributed by atoms with Gasteiger partial charge in [0.2, 0.25) is 0 Å². The highest BCUT2D eigenvalue weighted by Gasteiger charge is 2.44. The largest absolute Gasteiger partial charge is 0.360 e. The van der Waals surface area contributed by atoms with Gasteiger partial charge >= 0.3 is 0 Å². The smallest absolute Gasteiger partial charge is 0.257 e. The third-order valence-electron chi connectivity index (χ3n) is 4.08. The first kappa shape index (κ1) is 15.7. The molecule has 0 saturated carbocycles. The van der Waals surface area contributed by atoms with Crippen LogP contribution in [0.5, 0.6) is 0 Å². The molecule has 1 amide bonds. The van der Waals surface area contributed by atoms with E-state index in [1.165, 1.54) is 4.68 Å². The van der Waals surface area contributed by atoms with E-state index in [-0.39, 0.29) is 12.5 Å². The van der Waals surface area contributed by atoms with Crippen LogP contribution in [0.3, 0.4) is 0 Å². The number of aryl methyl sites for hydroxylation is 1. The van der Waals surface area contributed by atoms with Gasteiger partial charge in [0.25, 0.3) is 5.91 Å². The predicted molar refractivity (Wildman–Crippen MR) is 83.4 cm³/mol. The molecule has 5 nitrogen and oxygen atoms in total. The second-order valence-electron chi connectivity index (χ2n) is 5.63. The Bertz CT molecular complexity index is 651. The van der Waals surface area contributed by atoms with E-state index < -0.39 is 12.3 Å². The number of carbonyl (C=O) groups excluding carboxylic acids is 1. The summed E-state index contributed by atoms with van der Waals surface area (Å²) in [7, 11) is 0. The summed E-state index contributed by atoms with van der Waals surface area (Å²) in [6.07, 6.45) is 4.91. The molecule has 1 N–H and O–H groups in total. The molecule has 0 aliphatic carbocycles. The summed E-state index contributed by atoms with van der Waals surface area (Å²) in [5, 5.41) is 6.98. The molecular weight excluding hydrogens is 297 g/mol. The zero-order chi connectivity index (χ0) is 16.1. The molecule has 1 aromatic carbocycles. The van der Waals surface area contributed by atoms with Crippen molar-refractivity contribution in [3.63, 3.8) is 0 Å². The van der Waals surface area contributed by atoms with E-state index in [0.29, 0.717) is 19.6 Å². The number of nitrogens with zero attached hydrogens (tertiary/aromatic N) is 2. The first-order valence-electron chi connectivity index (χ1n) is 7.80. The lowest BCUT2D eigenvalue weighted by Crippen LogP contribution is -2.43. The van der Waals surface area contributed by atoms with Gasteiger partial charge in [0.1, 0.15) is 6.67 Å². The van der Waals surface area contributed by atoms with Crippen molar-refractivity contribution in [2.45, 2.75) is 31.5 Å². The maximum absolute atomic E-state index is 12.8. The monoisotopic (exact) mass is 317 g/mol. The van der Waals surface area contributed by atoms with Gasteiger partial charge in [-0.05, 0) is 18.4 Å². The molecule has 0 radical (unpaired) electrons. The lowest BCUT2D eigenvalue weighted by molar-refractivity contribution is -0.142. The molecule has 0 spiro atoms. The minimum atomic E-state index is -0.907. The van der Waals surface area contributed by atoms with Gasteiger partial charge in [-0.3, -0.25) is 9.48 Å². The standard InChI is InChI=1S/C17H20FN3O2/c18-8-9-21-13-14(12-20-21)11-19-16(22)17(7-4-10-23-17)15-5-2-1-3-6-15/h1-3,5-6,12-13H,4,7-11H2,(H,19,22). The third-order valence-corrected chi connectivity index (χ3v) is 4.08. The Labute approximate surface area is 134 Å². The van der Waals surface area contributed by atoms with E-state index in [1.807, 2.05) is 30.3 Å². The first-order valence-corrected chi connectivity index (χ1v) is 7.80. The van der Waals surface area contributed by atoms with Gasteiger partial charge in [-0.25, -0.2) is 4.39 Å². The van der Waals surface area contributed by atoms with Crippen molar-refractivity contribution < 1.29 is 13.9 Å². The van der Waals surface area contributed by atoms with E-state index in [2.05, 4.69) is 10.4 Å². The fourth-order valence-electron chi connectivity index (χ4n) is 2.92. The minimum absolute atomic E-state index is 0.139. The summed E-state index contributed by atoms with van der Waals surface area (Å²) in [4.78, 5) is 12.8. The molecule has 1 unspecified atom stereocenters. The average molecular weight is 317 g/mol. The number of amides is 1. The van der Waals surface area contributed by atoms with E-state index in [9.17, 15) is 9.18 Å². The van der Waals surface area contributed by atoms with Crippen molar-refractivity contribution in [1.82, 2.24) is 15.1 Å². The Morgan fingerprint density at radius 3 is 2.91 bits per heavy atom. The van der Waals surface area contributed by atoms with Crippen molar-refractivity contribution in [3.8, 4) is 0 Å². The Morgan fingerprint density at radius 1 is 1.39 bits per heavy atom. The van der Waals surface area contributed by atoms with Crippen LogP contribution in [0.15, 0.2) is 42.7 Å². The van der Waals surface area contributed by atoms with Crippen LogP contribution in [0.25, 0.3) is 0 Å². The van der Waals surface area contributed by atoms with Gasteiger partial charge < -0.3 is 10.1 Å². The maximum atomic E-state index is 12.8. The van der Waals surface area contributed by atoms with E-state index in [1.54, 1.807) is 12.4 Å². The average Bonchev–Trinajstić information content (AvgIpc) is 3.24. The van der Waals surface area contributed by atoms with Gasteiger partial charge in [0, 0.05) is 24.9 Å². The Kier molecular flexibility index (Phi) is 4.71. The van der Waals surface area contributed by atoms with Crippen LogP contribution in [0, 0.1) is 0 Å². The molecule has 3 rings (SSSR count). The summed E-state index contributed by atoms with van der Waals surface area (Å²) in [5.41, 5.74) is 0.812. The summed E-state index contributed by atoms with van der Waals surface area (Å²) in [6.45, 7) is 0.698. The molecule has 6 heteroatoms. The molecular formula is C17H20FN3O2. The zero-order valence-corrected chi connectivity index (χ0v) is 12.9. The van der Waals surface area contributed by atoms with Crippen LogP contribution in [0.1, 0.15) is 24.0 Å². The summed E-state index contributed by atoms with van der Waals surface area (Å²) in [6, 6.07) is 9.58. The molecule has 122 valence electrons. The number of benzene rings is 1. The quantitative estimate of drug-likeness (QED) is 0.888. The number of ether oxygens (including phenoxy) is 1. The van der Waals surface area contributed by atoms with Crippen molar-refractivity contribution in [3.05, 3.63) is 53.9 Å². The molecule has 1 aliphatic heterocycles. The number of aromatic nitrogens is 2.